The van der Waals surface area contributed by atoms with Crippen molar-refractivity contribution < 1.29 is 0 Å². The second kappa shape index (κ2) is 6.55. The highest BCUT2D eigenvalue weighted by Gasteiger charge is 2.01. The van der Waals surface area contributed by atoms with Gasteiger partial charge in [0.15, 0.2) is 0 Å². The van der Waals surface area contributed by atoms with Gasteiger partial charge in [0, 0.05) is 23.1 Å². The Hall–Kier alpha value is -1.01. The molecule has 0 saturated heterocycles. The van der Waals surface area contributed by atoms with Crippen molar-refractivity contribution in [3.63, 3.8) is 0 Å². The van der Waals surface area contributed by atoms with Gasteiger partial charge in [-0.3, -0.25) is 0 Å². The van der Waals surface area contributed by atoms with Crippen molar-refractivity contribution in [2.24, 2.45) is 0 Å². The Kier molecular flexibility index (Phi) is 5.34. The fraction of sp³-hybridized carbons (Fsp3) is 0.462. The van der Waals surface area contributed by atoms with Gasteiger partial charge in [0.25, 0.3) is 0 Å². The van der Waals surface area contributed by atoms with Crippen LogP contribution in [0.3, 0.4) is 0 Å². The number of nitriles is 1. The van der Waals surface area contributed by atoms with Gasteiger partial charge in [-0.1, -0.05) is 15.9 Å². The molecular weight excluding hydrogens is 264 g/mol. The maximum absolute atomic E-state index is 8.41. The van der Waals surface area contributed by atoms with Gasteiger partial charge in [0.2, 0.25) is 0 Å². The van der Waals surface area contributed by atoms with Gasteiger partial charge in [0.1, 0.15) is 0 Å². The molecule has 0 aliphatic carbocycles. The lowest BCUT2D eigenvalue weighted by Gasteiger charge is -2.10. The van der Waals surface area contributed by atoms with Gasteiger partial charge < -0.3 is 5.32 Å². The maximum Gasteiger partial charge on any atom is 0.0621 e. The molecule has 0 heterocycles. The van der Waals surface area contributed by atoms with Crippen LogP contribution < -0.4 is 5.32 Å². The highest BCUT2D eigenvalue weighted by molar-refractivity contribution is 9.10. The molecular formula is C13H17BrN2. The minimum Gasteiger partial charge on any atom is -0.385 e. The number of rotatable bonds is 5. The van der Waals surface area contributed by atoms with Crippen LogP contribution in [0.25, 0.3) is 0 Å². The maximum atomic E-state index is 8.41. The average molecular weight is 281 g/mol. The number of hydrogen-bond acceptors (Lipinski definition) is 2. The largest absolute Gasteiger partial charge is 0.385 e. The quantitative estimate of drug-likeness (QED) is 0.822. The third-order valence-electron chi connectivity index (χ3n) is 2.48. The first-order chi connectivity index (χ1) is 7.65. The van der Waals surface area contributed by atoms with Gasteiger partial charge in [-0.2, -0.15) is 5.26 Å². The lowest BCUT2D eigenvalue weighted by molar-refractivity contribution is 0.784. The predicted molar refractivity (Wildman–Crippen MR) is 71.6 cm³/mol. The fourth-order valence-electron chi connectivity index (χ4n) is 1.61. The van der Waals surface area contributed by atoms with Gasteiger partial charge in [-0.05, 0) is 49.9 Å². The summed E-state index contributed by atoms with van der Waals surface area (Å²) in [5.74, 6) is 0. The Labute approximate surface area is 106 Å². The standard InChI is InChI=1S/C13H17BrN2/c1-10-8-12(9-11(2)13(10)14)16-7-5-3-4-6-15/h8-9,16H,3-5,7H2,1-2H3. The first-order valence-electron chi connectivity index (χ1n) is 5.52. The van der Waals surface area contributed by atoms with Crippen LogP contribution in [-0.4, -0.2) is 6.54 Å². The van der Waals surface area contributed by atoms with Gasteiger partial charge in [-0.15, -0.1) is 0 Å². The molecule has 1 N–H and O–H groups in total. The van der Waals surface area contributed by atoms with Crippen LogP contribution in [0.1, 0.15) is 30.4 Å². The first-order valence-corrected chi connectivity index (χ1v) is 6.32. The molecule has 2 nitrogen and oxygen atoms in total. The normalized spacial score (nSPS) is 9.88. The number of nitrogens with zero attached hydrogens (tertiary/aromatic N) is 1. The molecule has 0 atom stereocenters. The molecule has 3 heteroatoms. The highest BCUT2D eigenvalue weighted by Crippen LogP contribution is 2.24. The van der Waals surface area contributed by atoms with Crippen molar-refractivity contribution in [2.75, 3.05) is 11.9 Å². The van der Waals surface area contributed by atoms with Gasteiger partial charge in [0.05, 0.1) is 6.07 Å². The van der Waals surface area contributed by atoms with Crippen LogP contribution in [0.15, 0.2) is 16.6 Å². The SMILES string of the molecule is Cc1cc(NCCCCC#N)cc(C)c1Br. The zero-order valence-corrected chi connectivity index (χ0v) is 11.4. The molecule has 0 amide bonds. The van der Waals surface area contributed by atoms with Crippen molar-refractivity contribution in [3.05, 3.63) is 27.7 Å². The van der Waals surface area contributed by atoms with Crippen molar-refractivity contribution in [2.45, 2.75) is 33.1 Å². The van der Waals surface area contributed by atoms with Crippen molar-refractivity contribution in [1.29, 1.82) is 5.26 Å². The van der Waals surface area contributed by atoms with Crippen molar-refractivity contribution in [3.8, 4) is 6.07 Å². The summed E-state index contributed by atoms with van der Waals surface area (Å²) in [5, 5.41) is 11.8. The number of anilines is 1. The van der Waals surface area contributed by atoms with E-state index in [0.29, 0.717) is 6.42 Å². The molecule has 1 aromatic carbocycles. The predicted octanol–water partition coefficient (Wildman–Crippen LogP) is 4.17. The number of hydrogen-bond donors (Lipinski definition) is 1. The molecule has 0 unspecified atom stereocenters. The Bertz CT molecular complexity index is 370. The van der Waals surface area contributed by atoms with E-state index in [-0.39, 0.29) is 0 Å². The molecule has 0 fully saturated rings. The molecule has 16 heavy (non-hydrogen) atoms. The zero-order valence-electron chi connectivity index (χ0n) is 9.81. The Balaban J connectivity index is 2.46. The molecule has 1 aromatic rings. The van der Waals surface area contributed by atoms with E-state index < -0.39 is 0 Å². The average Bonchev–Trinajstić information content (AvgIpc) is 2.25. The van der Waals surface area contributed by atoms with E-state index in [9.17, 15) is 0 Å². The highest BCUT2D eigenvalue weighted by atomic mass is 79.9. The minimum atomic E-state index is 0.653. The molecule has 0 aliphatic rings. The van der Waals surface area contributed by atoms with E-state index in [4.69, 9.17) is 5.26 Å². The van der Waals surface area contributed by atoms with E-state index in [2.05, 4.69) is 53.3 Å². The minimum absolute atomic E-state index is 0.653. The van der Waals surface area contributed by atoms with Crippen LogP contribution in [-0.2, 0) is 0 Å². The van der Waals surface area contributed by atoms with Crippen LogP contribution in [0.2, 0.25) is 0 Å². The number of halogens is 1. The first kappa shape index (κ1) is 13.1. The third kappa shape index (κ3) is 3.86. The summed E-state index contributed by atoms with van der Waals surface area (Å²) in [4.78, 5) is 0. The lowest BCUT2D eigenvalue weighted by atomic mass is 10.1. The molecule has 86 valence electrons. The molecule has 0 radical (unpaired) electrons. The number of aryl methyl sites for hydroxylation is 2. The fourth-order valence-corrected chi connectivity index (χ4v) is 1.84. The van der Waals surface area contributed by atoms with Crippen molar-refractivity contribution >= 4 is 21.6 Å². The van der Waals surface area contributed by atoms with E-state index in [1.165, 1.54) is 15.6 Å². The Morgan fingerprint density at radius 1 is 1.25 bits per heavy atom. The van der Waals surface area contributed by atoms with E-state index in [0.717, 1.165) is 25.1 Å². The van der Waals surface area contributed by atoms with Gasteiger partial charge in [-0.25, -0.2) is 0 Å². The summed E-state index contributed by atoms with van der Waals surface area (Å²) in [5.41, 5.74) is 3.66. The number of unbranched alkanes of at least 4 members (excludes halogenated alkanes) is 2. The van der Waals surface area contributed by atoms with Crippen LogP contribution in [0, 0.1) is 25.2 Å². The summed E-state index contributed by atoms with van der Waals surface area (Å²) < 4.78 is 1.18. The Morgan fingerprint density at radius 2 is 1.88 bits per heavy atom. The van der Waals surface area contributed by atoms with Crippen LogP contribution >= 0.6 is 15.9 Å². The van der Waals surface area contributed by atoms with E-state index >= 15 is 0 Å². The molecule has 1 rings (SSSR count). The number of nitrogens with one attached hydrogen (secondary N) is 1. The molecule has 0 aromatic heterocycles. The topological polar surface area (TPSA) is 35.8 Å². The smallest absolute Gasteiger partial charge is 0.0621 e. The molecule has 0 saturated carbocycles. The summed E-state index contributed by atoms with van der Waals surface area (Å²) in [6.07, 6.45) is 2.67. The van der Waals surface area contributed by atoms with E-state index in [1.54, 1.807) is 0 Å². The van der Waals surface area contributed by atoms with Crippen LogP contribution in [0.4, 0.5) is 5.69 Å². The number of benzene rings is 1. The molecule has 0 aliphatic heterocycles. The zero-order chi connectivity index (χ0) is 12.0. The molecule has 0 bridgehead atoms. The summed E-state index contributed by atoms with van der Waals surface area (Å²) >= 11 is 3.55. The molecule has 0 spiro atoms. The van der Waals surface area contributed by atoms with Crippen LogP contribution in [0.5, 0.6) is 0 Å². The second-order valence-electron chi connectivity index (χ2n) is 3.97. The third-order valence-corrected chi connectivity index (χ3v) is 3.73. The Morgan fingerprint density at radius 3 is 2.44 bits per heavy atom. The van der Waals surface area contributed by atoms with Crippen molar-refractivity contribution in [1.82, 2.24) is 0 Å². The summed E-state index contributed by atoms with van der Waals surface area (Å²) in [6.45, 7) is 5.12. The van der Waals surface area contributed by atoms with E-state index in [1.807, 2.05) is 0 Å². The lowest BCUT2D eigenvalue weighted by Crippen LogP contribution is -2.02. The summed E-state index contributed by atoms with van der Waals surface area (Å²) in [7, 11) is 0. The second-order valence-corrected chi connectivity index (χ2v) is 4.76. The summed E-state index contributed by atoms with van der Waals surface area (Å²) in [6, 6.07) is 6.44. The monoisotopic (exact) mass is 280 g/mol. The van der Waals surface area contributed by atoms with Gasteiger partial charge >= 0.3 is 0 Å².